The molecule has 2 aromatic rings. The molecule has 0 aromatic heterocycles. The van der Waals surface area contributed by atoms with Crippen LogP contribution in [0.5, 0.6) is 0 Å². The molecule has 0 aliphatic rings. The van der Waals surface area contributed by atoms with Crippen LogP contribution in [-0.2, 0) is 10.0 Å². The molecule has 0 unspecified atom stereocenters. The van der Waals surface area contributed by atoms with Crippen LogP contribution in [0, 0.1) is 13.8 Å². The smallest absolute Gasteiger partial charge is 0.238 e. The minimum atomic E-state index is -3.68. The van der Waals surface area contributed by atoms with Gasteiger partial charge in [-0.15, -0.1) is 0 Å². The van der Waals surface area contributed by atoms with Gasteiger partial charge in [-0.1, -0.05) is 18.2 Å². The first-order valence-electron chi connectivity index (χ1n) is 7.83. The van der Waals surface area contributed by atoms with Gasteiger partial charge in [0.15, 0.2) is 5.11 Å². The van der Waals surface area contributed by atoms with Crippen molar-refractivity contribution in [2.45, 2.75) is 31.7 Å². The van der Waals surface area contributed by atoms with Crippen LogP contribution in [0.15, 0.2) is 47.4 Å². The second-order valence-corrected chi connectivity index (χ2v) is 8.08. The third-order valence-electron chi connectivity index (χ3n) is 4.35. The number of rotatable bonds is 4. The molecule has 0 amide bonds. The van der Waals surface area contributed by atoms with Crippen LogP contribution in [0.2, 0.25) is 0 Å². The highest BCUT2D eigenvalue weighted by atomic mass is 32.2. The van der Waals surface area contributed by atoms with Gasteiger partial charge in [-0.05, 0) is 73.9 Å². The van der Waals surface area contributed by atoms with Crippen molar-refractivity contribution in [2.75, 3.05) is 12.4 Å². The quantitative estimate of drug-likeness (QED) is 0.799. The summed E-state index contributed by atoms with van der Waals surface area (Å²) in [5, 5.41) is 8.96. The standard InChI is InChI=1S/C18H23N3O2S2/c1-12-5-8-16(11-13(12)2)20-18(24)21(4)14(3)15-6-9-17(10-7-15)25(19,22)23/h5-11,14H,1-4H3,(H,20,24)(H2,19,22,23)/t14-/m0/s1. The van der Waals surface area contributed by atoms with Crippen molar-refractivity contribution >= 4 is 33.0 Å². The summed E-state index contributed by atoms with van der Waals surface area (Å²) in [6.07, 6.45) is 0. The molecule has 0 radical (unpaired) electrons. The van der Waals surface area contributed by atoms with Gasteiger partial charge in [0.25, 0.3) is 0 Å². The van der Waals surface area contributed by atoms with Gasteiger partial charge in [0.2, 0.25) is 10.0 Å². The minimum Gasteiger partial charge on any atom is -0.345 e. The molecule has 0 bridgehead atoms. The molecule has 2 aromatic carbocycles. The molecule has 1 atom stereocenters. The normalized spacial score (nSPS) is 12.5. The van der Waals surface area contributed by atoms with E-state index in [0.29, 0.717) is 5.11 Å². The van der Waals surface area contributed by atoms with Crippen molar-refractivity contribution in [1.82, 2.24) is 4.90 Å². The number of nitrogens with one attached hydrogen (secondary N) is 1. The lowest BCUT2D eigenvalue weighted by atomic mass is 10.1. The van der Waals surface area contributed by atoms with Gasteiger partial charge in [0, 0.05) is 12.7 Å². The number of aryl methyl sites for hydroxylation is 2. The number of nitrogens with two attached hydrogens (primary N) is 1. The van der Waals surface area contributed by atoms with Gasteiger partial charge >= 0.3 is 0 Å². The summed E-state index contributed by atoms with van der Waals surface area (Å²) < 4.78 is 22.7. The number of nitrogens with zero attached hydrogens (tertiary/aromatic N) is 1. The van der Waals surface area contributed by atoms with Gasteiger partial charge in [-0.2, -0.15) is 0 Å². The number of primary sulfonamides is 1. The average molecular weight is 378 g/mol. The predicted molar refractivity (Wildman–Crippen MR) is 106 cm³/mol. The highest BCUT2D eigenvalue weighted by Gasteiger charge is 2.16. The zero-order valence-electron chi connectivity index (χ0n) is 14.8. The zero-order chi connectivity index (χ0) is 18.8. The van der Waals surface area contributed by atoms with E-state index in [0.717, 1.165) is 11.3 Å². The van der Waals surface area contributed by atoms with Crippen molar-refractivity contribution in [3.8, 4) is 0 Å². The molecular weight excluding hydrogens is 354 g/mol. The lowest BCUT2D eigenvalue weighted by Crippen LogP contribution is -2.33. The Balaban J connectivity index is 2.11. The number of sulfonamides is 1. The Morgan fingerprint density at radius 3 is 2.24 bits per heavy atom. The van der Waals surface area contributed by atoms with Crippen molar-refractivity contribution in [2.24, 2.45) is 5.14 Å². The summed E-state index contributed by atoms with van der Waals surface area (Å²) in [6, 6.07) is 12.6. The minimum absolute atomic E-state index is 0.0268. The third-order valence-corrected chi connectivity index (χ3v) is 5.67. The van der Waals surface area contributed by atoms with E-state index < -0.39 is 10.0 Å². The largest absolute Gasteiger partial charge is 0.345 e. The van der Waals surface area contributed by atoms with E-state index in [9.17, 15) is 8.42 Å². The lowest BCUT2D eigenvalue weighted by molar-refractivity contribution is 0.408. The number of hydrogen-bond donors (Lipinski definition) is 2. The van der Waals surface area contributed by atoms with E-state index in [-0.39, 0.29) is 10.9 Å². The van der Waals surface area contributed by atoms with E-state index in [4.69, 9.17) is 17.4 Å². The van der Waals surface area contributed by atoms with Crippen molar-refractivity contribution < 1.29 is 8.42 Å². The third kappa shape index (κ3) is 4.78. The molecule has 0 saturated carbocycles. The Morgan fingerprint density at radius 1 is 1.12 bits per heavy atom. The van der Waals surface area contributed by atoms with Crippen LogP contribution in [-0.4, -0.2) is 25.5 Å². The molecule has 7 heteroatoms. The van der Waals surface area contributed by atoms with Crippen molar-refractivity contribution in [3.63, 3.8) is 0 Å². The fourth-order valence-corrected chi connectivity index (χ4v) is 3.16. The average Bonchev–Trinajstić information content (AvgIpc) is 2.56. The van der Waals surface area contributed by atoms with Gasteiger partial charge < -0.3 is 10.2 Å². The molecule has 25 heavy (non-hydrogen) atoms. The van der Waals surface area contributed by atoms with Gasteiger partial charge in [-0.25, -0.2) is 13.6 Å². The Kier molecular flexibility index (Phi) is 5.82. The molecule has 3 N–H and O–H groups in total. The first-order chi connectivity index (χ1) is 11.6. The van der Waals surface area contributed by atoms with Crippen LogP contribution in [0.1, 0.15) is 29.7 Å². The number of thiocarbonyl (C=S) groups is 1. The molecule has 5 nitrogen and oxygen atoms in total. The molecule has 0 aliphatic heterocycles. The summed E-state index contributed by atoms with van der Waals surface area (Å²) in [6.45, 7) is 6.13. The SMILES string of the molecule is Cc1ccc(NC(=S)N(C)[C@@H](C)c2ccc(S(N)(=O)=O)cc2)cc1C. The zero-order valence-corrected chi connectivity index (χ0v) is 16.4. The molecule has 134 valence electrons. The summed E-state index contributed by atoms with van der Waals surface area (Å²) in [5.41, 5.74) is 4.31. The summed E-state index contributed by atoms with van der Waals surface area (Å²) in [7, 11) is -1.78. The number of anilines is 1. The molecule has 0 fully saturated rings. The molecule has 0 heterocycles. The second kappa shape index (κ2) is 7.51. The number of benzene rings is 2. The Bertz CT molecular complexity index is 878. The maximum absolute atomic E-state index is 11.3. The lowest BCUT2D eigenvalue weighted by Gasteiger charge is -2.28. The molecule has 0 spiro atoms. The first kappa shape index (κ1) is 19.4. The van der Waals surface area contributed by atoms with Gasteiger partial charge in [0.1, 0.15) is 0 Å². The van der Waals surface area contributed by atoms with Crippen LogP contribution in [0.3, 0.4) is 0 Å². The van der Waals surface area contributed by atoms with E-state index >= 15 is 0 Å². The highest BCUT2D eigenvalue weighted by Crippen LogP contribution is 2.22. The Morgan fingerprint density at radius 2 is 1.72 bits per heavy atom. The van der Waals surface area contributed by atoms with Crippen LogP contribution in [0.25, 0.3) is 0 Å². The fourth-order valence-electron chi connectivity index (χ4n) is 2.37. The Labute approximate surface area is 154 Å². The van der Waals surface area contributed by atoms with Crippen LogP contribution in [0.4, 0.5) is 5.69 Å². The van der Waals surface area contributed by atoms with Crippen molar-refractivity contribution in [3.05, 3.63) is 59.2 Å². The van der Waals surface area contributed by atoms with Crippen LogP contribution >= 0.6 is 12.2 Å². The molecule has 0 aliphatic carbocycles. The van der Waals surface area contributed by atoms with Gasteiger partial charge in [-0.3, -0.25) is 0 Å². The van der Waals surface area contributed by atoms with Crippen LogP contribution < -0.4 is 10.5 Å². The summed E-state index contributed by atoms with van der Waals surface area (Å²) in [4.78, 5) is 2.03. The van der Waals surface area contributed by atoms with E-state index in [1.165, 1.54) is 23.3 Å². The summed E-state index contributed by atoms with van der Waals surface area (Å²) >= 11 is 5.50. The molecular formula is C18H23N3O2S2. The molecule has 0 saturated heterocycles. The molecule has 2 rings (SSSR count). The monoisotopic (exact) mass is 377 g/mol. The van der Waals surface area contributed by atoms with E-state index in [2.05, 4.69) is 31.3 Å². The highest BCUT2D eigenvalue weighted by molar-refractivity contribution is 7.89. The summed E-state index contributed by atoms with van der Waals surface area (Å²) in [5.74, 6) is 0. The number of hydrogen-bond acceptors (Lipinski definition) is 3. The Hall–Kier alpha value is -1.96. The first-order valence-corrected chi connectivity index (χ1v) is 9.79. The topological polar surface area (TPSA) is 75.4 Å². The van der Waals surface area contributed by atoms with Crippen molar-refractivity contribution in [1.29, 1.82) is 0 Å². The maximum atomic E-state index is 11.3. The fraction of sp³-hybridized carbons (Fsp3) is 0.278. The van der Waals surface area contributed by atoms with Gasteiger partial charge in [0.05, 0.1) is 10.9 Å². The maximum Gasteiger partial charge on any atom is 0.238 e. The second-order valence-electron chi connectivity index (χ2n) is 6.13. The van der Waals surface area contributed by atoms with E-state index in [1.54, 1.807) is 12.1 Å². The predicted octanol–water partition coefficient (Wildman–Crippen LogP) is 3.34. The van der Waals surface area contributed by atoms with E-state index in [1.807, 2.05) is 24.9 Å².